The lowest BCUT2D eigenvalue weighted by atomic mass is 10.1. The number of amides is 2. The third-order valence-electron chi connectivity index (χ3n) is 2.78. The molecular formula is C14H20N2O3. The number of hydrogen-bond acceptors (Lipinski definition) is 2. The van der Waals surface area contributed by atoms with Crippen molar-refractivity contribution in [2.75, 3.05) is 6.54 Å². The van der Waals surface area contributed by atoms with E-state index in [9.17, 15) is 9.59 Å². The minimum Gasteiger partial charge on any atom is -0.480 e. The number of benzene rings is 1. The molecular weight excluding hydrogens is 244 g/mol. The first-order valence-corrected chi connectivity index (χ1v) is 6.44. The van der Waals surface area contributed by atoms with Crippen LogP contribution in [0.5, 0.6) is 0 Å². The van der Waals surface area contributed by atoms with E-state index in [0.717, 1.165) is 12.8 Å². The summed E-state index contributed by atoms with van der Waals surface area (Å²) in [5.74, 6) is -1.01. The monoisotopic (exact) mass is 264 g/mol. The predicted molar refractivity (Wildman–Crippen MR) is 73.0 cm³/mol. The summed E-state index contributed by atoms with van der Waals surface area (Å²) in [4.78, 5) is 22.2. The summed E-state index contributed by atoms with van der Waals surface area (Å²) in [6.45, 7) is 2.24. The van der Waals surface area contributed by atoms with Crippen molar-refractivity contribution in [1.82, 2.24) is 10.6 Å². The fraction of sp³-hybridized carbons (Fsp3) is 0.429. The summed E-state index contributed by atoms with van der Waals surface area (Å²) in [6, 6.07) is 8.75. The summed E-state index contributed by atoms with van der Waals surface area (Å²) in [5, 5.41) is 13.9. The van der Waals surface area contributed by atoms with E-state index in [2.05, 4.69) is 10.6 Å². The van der Waals surface area contributed by atoms with Crippen LogP contribution in [-0.2, 0) is 11.2 Å². The van der Waals surface area contributed by atoms with Gasteiger partial charge in [-0.1, -0.05) is 37.3 Å². The van der Waals surface area contributed by atoms with E-state index in [1.165, 1.54) is 5.56 Å². The summed E-state index contributed by atoms with van der Waals surface area (Å²) < 4.78 is 0. The molecule has 1 aromatic rings. The van der Waals surface area contributed by atoms with Gasteiger partial charge < -0.3 is 15.7 Å². The maximum Gasteiger partial charge on any atom is 0.326 e. The van der Waals surface area contributed by atoms with Gasteiger partial charge in [0.15, 0.2) is 0 Å². The van der Waals surface area contributed by atoms with Gasteiger partial charge in [0.05, 0.1) is 0 Å². The van der Waals surface area contributed by atoms with Crippen molar-refractivity contribution in [3.05, 3.63) is 35.9 Å². The van der Waals surface area contributed by atoms with Crippen molar-refractivity contribution in [2.24, 2.45) is 0 Å². The molecule has 1 rings (SSSR count). The number of carbonyl (C=O) groups excluding carboxylic acids is 1. The Balaban J connectivity index is 2.19. The Morgan fingerprint density at radius 3 is 2.53 bits per heavy atom. The molecule has 3 N–H and O–H groups in total. The van der Waals surface area contributed by atoms with Crippen molar-refractivity contribution in [3.63, 3.8) is 0 Å². The molecule has 1 atom stereocenters. The van der Waals surface area contributed by atoms with Crippen LogP contribution >= 0.6 is 0 Å². The van der Waals surface area contributed by atoms with Crippen molar-refractivity contribution in [3.8, 4) is 0 Å². The average molecular weight is 264 g/mol. The molecule has 0 aliphatic rings. The highest BCUT2D eigenvalue weighted by Gasteiger charge is 2.16. The highest BCUT2D eigenvalue weighted by atomic mass is 16.4. The third kappa shape index (κ3) is 5.90. The van der Waals surface area contributed by atoms with Crippen LogP contribution in [-0.4, -0.2) is 29.7 Å². The van der Waals surface area contributed by atoms with Crippen LogP contribution in [0.3, 0.4) is 0 Å². The first-order chi connectivity index (χ1) is 9.13. The molecule has 5 heteroatoms. The van der Waals surface area contributed by atoms with E-state index in [0.29, 0.717) is 13.0 Å². The molecule has 0 bridgehead atoms. The van der Waals surface area contributed by atoms with E-state index < -0.39 is 18.0 Å². The number of urea groups is 1. The van der Waals surface area contributed by atoms with E-state index in [1.54, 1.807) is 6.92 Å². The van der Waals surface area contributed by atoms with Crippen molar-refractivity contribution in [1.29, 1.82) is 0 Å². The van der Waals surface area contributed by atoms with Gasteiger partial charge in [-0.05, 0) is 24.8 Å². The van der Waals surface area contributed by atoms with Crippen molar-refractivity contribution < 1.29 is 14.7 Å². The Kier molecular flexibility index (Phi) is 6.43. The Morgan fingerprint density at radius 2 is 1.95 bits per heavy atom. The van der Waals surface area contributed by atoms with Gasteiger partial charge in [-0.15, -0.1) is 0 Å². The lowest BCUT2D eigenvalue weighted by Gasteiger charge is -2.13. The zero-order valence-corrected chi connectivity index (χ0v) is 11.1. The largest absolute Gasteiger partial charge is 0.480 e. The molecule has 0 fully saturated rings. The topological polar surface area (TPSA) is 78.4 Å². The van der Waals surface area contributed by atoms with E-state index in [1.807, 2.05) is 30.3 Å². The molecule has 5 nitrogen and oxygen atoms in total. The molecule has 0 heterocycles. The van der Waals surface area contributed by atoms with Crippen LogP contribution in [0.4, 0.5) is 4.79 Å². The molecule has 1 aromatic carbocycles. The summed E-state index contributed by atoms with van der Waals surface area (Å²) in [5.41, 5.74) is 1.22. The average Bonchev–Trinajstić information content (AvgIpc) is 2.42. The van der Waals surface area contributed by atoms with Crippen LogP contribution in [0.25, 0.3) is 0 Å². The number of nitrogens with one attached hydrogen (secondary N) is 2. The maximum absolute atomic E-state index is 11.4. The van der Waals surface area contributed by atoms with Gasteiger partial charge in [0.2, 0.25) is 0 Å². The Bertz CT molecular complexity index is 406. The van der Waals surface area contributed by atoms with E-state index >= 15 is 0 Å². The molecule has 1 unspecified atom stereocenters. The molecule has 19 heavy (non-hydrogen) atoms. The second-order valence-electron chi connectivity index (χ2n) is 4.29. The lowest BCUT2D eigenvalue weighted by molar-refractivity contribution is -0.139. The highest BCUT2D eigenvalue weighted by Crippen LogP contribution is 2.01. The minimum absolute atomic E-state index is 0.368. The second kappa shape index (κ2) is 8.13. The maximum atomic E-state index is 11.4. The Morgan fingerprint density at radius 1 is 1.26 bits per heavy atom. The van der Waals surface area contributed by atoms with E-state index in [-0.39, 0.29) is 0 Å². The van der Waals surface area contributed by atoms with Crippen LogP contribution in [0.2, 0.25) is 0 Å². The zero-order chi connectivity index (χ0) is 14.1. The quantitative estimate of drug-likeness (QED) is 0.657. The molecule has 0 spiro atoms. The van der Waals surface area contributed by atoms with Crippen LogP contribution in [0.1, 0.15) is 25.3 Å². The molecule has 104 valence electrons. The number of rotatable bonds is 7. The normalized spacial score (nSPS) is 11.6. The smallest absolute Gasteiger partial charge is 0.326 e. The van der Waals surface area contributed by atoms with Gasteiger partial charge in [-0.25, -0.2) is 9.59 Å². The van der Waals surface area contributed by atoms with Gasteiger partial charge in [0.1, 0.15) is 6.04 Å². The van der Waals surface area contributed by atoms with Gasteiger partial charge in [-0.2, -0.15) is 0 Å². The summed E-state index contributed by atoms with van der Waals surface area (Å²) in [7, 11) is 0. The standard InChI is InChI=1S/C14H20N2O3/c1-2-12(13(17)18)16-14(19)15-10-6-9-11-7-4-3-5-8-11/h3-5,7-8,12H,2,6,9-10H2,1H3,(H,17,18)(H2,15,16,19). The number of carboxylic acid groups (broad SMARTS) is 1. The van der Waals surface area contributed by atoms with Crippen LogP contribution < -0.4 is 10.6 Å². The predicted octanol–water partition coefficient (Wildman–Crippen LogP) is 1.78. The highest BCUT2D eigenvalue weighted by molar-refractivity contribution is 5.82. The summed E-state index contributed by atoms with van der Waals surface area (Å²) in [6.07, 6.45) is 2.07. The molecule has 2 amide bonds. The van der Waals surface area contributed by atoms with Gasteiger partial charge in [0, 0.05) is 6.54 Å². The second-order valence-corrected chi connectivity index (χ2v) is 4.29. The minimum atomic E-state index is -1.01. The van der Waals surface area contributed by atoms with Crippen molar-refractivity contribution in [2.45, 2.75) is 32.2 Å². The zero-order valence-electron chi connectivity index (χ0n) is 11.1. The molecule has 0 aromatic heterocycles. The number of aryl methyl sites for hydroxylation is 1. The fourth-order valence-corrected chi connectivity index (χ4v) is 1.69. The number of aliphatic carboxylic acids is 1. The van der Waals surface area contributed by atoms with Crippen molar-refractivity contribution >= 4 is 12.0 Å². The molecule has 0 aliphatic carbocycles. The van der Waals surface area contributed by atoms with Crippen LogP contribution in [0, 0.1) is 0 Å². The third-order valence-corrected chi connectivity index (χ3v) is 2.78. The molecule has 0 saturated heterocycles. The lowest BCUT2D eigenvalue weighted by Crippen LogP contribution is -2.45. The Hall–Kier alpha value is -2.04. The first kappa shape index (κ1) is 15.0. The molecule has 0 saturated carbocycles. The number of carboxylic acids is 1. The Labute approximate surface area is 113 Å². The van der Waals surface area contributed by atoms with Gasteiger partial charge in [0.25, 0.3) is 0 Å². The molecule has 0 aliphatic heterocycles. The van der Waals surface area contributed by atoms with Gasteiger partial charge in [-0.3, -0.25) is 0 Å². The first-order valence-electron chi connectivity index (χ1n) is 6.44. The molecule has 0 radical (unpaired) electrons. The fourth-order valence-electron chi connectivity index (χ4n) is 1.69. The van der Waals surface area contributed by atoms with E-state index in [4.69, 9.17) is 5.11 Å². The van der Waals surface area contributed by atoms with Gasteiger partial charge >= 0.3 is 12.0 Å². The number of carbonyl (C=O) groups is 2. The SMILES string of the molecule is CCC(NC(=O)NCCCc1ccccc1)C(=O)O. The van der Waals surface area contributed by atoms with Crippen LogP contribution in [0.15, 0.2) is 30.3 Å². The number of hydrogen-bond donors (Lipinski definition) is 3. The summed E-state index contributed by atoms with van der Waals surface area (Å²) >= 11 is 0.